The third-order valence-electron chi connectivity index (χ3n) is 5.40. The van der Waals surface area contributed by atoms with Crippen LogP contribution in [-0.4, -0.2) is 28.6 Å². The first-order valence-electron chi connectivity index (χ1n) is 10.4. The van der Waals surface area contributed by atoms with Crippen molar-refractivity contribution in [2.75, 3.05) is 5.32 Å². The van der Waals surface area contributed by atoms with Crippen LogP contribution in [0.3, 0.4) is 0 Å². The van der Waals surface area contributed by atoms with Gasteiger partial charge in [0.2, 0.25) is 5.91 Å². The Balaban J connectivity index is 1.59. The molecule has 1 unspecified atom stereocenters. The van der Waals surface area contributed by atoms with Gasteiger partial charge in [-0.3, -0.25) is 14.4 Å². The smallest absolute Gasteiger partial charge is 0.253 e. The van der Waals surface area contributed by atoms with Gasteiger partial charge in [-0.15, -0.1) is 0 Å². The van der Waals surface area contributed by atoms with Crippen LogP contribution in [0.4, 0.5) is 5.69 Å². The summed E-state index contributed by atoms with van der Waals surface area (Å²) < 4.78 is 0. The second-order valence-corrected chi connectivity index (χ2v) is 8.10. The van der Waals surface area contributed by atoms with E-state index in [1.165, 1.54) is 6.92 Å². The maximum atomic E-state index is 13.2. The number of H-pyrrole nitrogens is 1. The maximum absolute atomic E-state index is 13.2. The third-order valence-corrected chi connectivity index (χ3v) is 5.73. The van der Waals surface area contributed by atoms with Crippen molar-refractivity contribution in [1.29, 1.82) is 0 Å². The monoisotopic (exact) mass is 459 g/mol. The lowest BCUT2D eigenvalue weighted by Gasteiger charge is -2.19. The summed E-state index contributed by atoms with van der Waals surface area (Å²) in [7, 11) is 0. The minimum absolute atomic E-state index is 0.0582. The van der Waals surface area contributed by atoms with Gasteiger partial charge in [0.05, 0.1) is 10.6 Å². The molecule has 1 heterocycles. The first-order chi connectivity index (χ1) is 15.9. The highest BCUT2D eigenvalue weighted by atomic mass is 35.5. The lowest BCUT2D eigenvalue weighted by molar-refractivity contribution is -0.118. The number of nitrogens with one attached hydrogen (secondary N) is 3. The fourth-order valence-corrected chi connectivity index (χ4v) is 3.85. The summed E-state index contributed by atoms with van der Waals surface area (Å²) in [6.45, 7) is 1.48. The fourth-order valence-electron chi connectivity index (χ4n) is 3.63. The Morgan fingerprint density at radius 1 is 0.939 bits per heavy atom. The van der Waals surface area contributed by atoms with Gasteiger partial charge < -0.3 is 15.6 Å². The molecule has 0 saturated carbocycles. The molecule has 6 nitrogen and oxygen atoms in total. The number of hydrogen-bond acceptors (Lipinski definition) is 3. The predicted molar refractivity (Wildman–Crippen MR) is 130 cm³/mol. The molecule has 0 aliphatic carbocycles. The molecule has 33 heavy (non-hydrogen) atoms. The van der Waals surface area contributed by atoms with Crippen molar-refractivity contribution in [2.45, 2.75) is 19.4 Å². The minimum atomic E-state index is -0.861. The maximum Gasteiger partial charge on any atom is 0.253 e. The van der Waals surface area contributed by atoms with E-state index in [4.69, 9.17) is 11.6 Å². The average molecular weight is 460 g/mol. The van der Waals surface area contributed by atoms with E-state index in [1.54, 1.807) is 48.5 Å². The number of aromatic nitrogens is 1. The van der Waals surface area contributed by atoms with Gasteiger partial charge in [0.15, 0.2) is 5.78 Å². The minimum Gasteiger partial charge on any atom is -0.361 e. The van der Waals surface area contributed by atoms with E-state index in [-0.39, 0.29) is 18.1 Å². The van der Waals surface area contributed by atoms with Gasteiger partial charge in [-0.05, 0) is 55.0 Å². The van der Waals surface area contributed by atoms with E-state index in [2.05, 4.69) is 15.6 Å². The number of anilines is 1. The Kier molecular flexibility index (Phi) is 6.56. The lowest BCUT2D eigenvalue weighted by Crippen LogP contribution is -2.45. The fraction of sp³-hybridized carbons (Fsp3) is 0.115. The number of para-hydroxylation sites is 1. The standard InChI is InChI=1S/C26H22ClN3O3/c1-16(31)17-10-12-19(13-11-17)29-26(33)24(30-25(32)21-7-2-4-8-22(21)27)14-18-15-28-23-9-5-3-6-20(18)23/h2-13,15,24,28H,14H2,1H3,(H,29,33)(H,30,32). The molecule has 4 rings (SSSR count). The third kappa shape index (κ3) is 5.13. The molecule has 166 valence electrons. The van der Waals surface area contributed by atoms with Gasteiger partial charge in [0.25, 0.3) is 5.91 Å². The first kappa shape index (κ1) is 22.3. The number of amides is 2. The molecular weight excluding hydrogens is 438 g/mol. The molecule has 1 aromatic heterocycles. The van der Waals surface area contributed by atoms with E-state index >= 15 is 0 Å². The van der Waals surface area contributed by atoms with Gasteiger partial charge >= 0.3 is 0 Å². The van der Waals surface area contributed by atoms with Crippen LogP contribution in [0.15, 0.2) is 79.0 Å². The first-order valence-corrected chi connectivity index (χ1v) is 10.8. The van der Waals surface area contributed by atoms with E-state index < -0.39 is 11.9 Å². The zero-order valence-electron chi connectivity index (χ0n) is 17.9. The summed E-state index contributed by atoms with van der Waals surface area (Å²) in [6.07, 6.45) is 2.12. The Hall–Kier alpha value is -3.90. The molecule has 0 spiro atoms. The average Bonchev–Trinajstić information content (AvgIpc) is 3.22. The molecule has 0 bridgehead atoms. The summed E-state index contributed by atoms with van der Waals surface area (Å²) in [5.74, 6) is -0.874. The summed E-state index contributed by atoms with van der Waals surface area (Å²) in [5, 5.41) is 6.94. The molecule has 0 fully saturated rings. The number of carbonyl (C=O) groups excluding carboxylic acids is 3. The van der Waals surface area contributed by atoms with E-state index in [1.807, 2.05) is 30.5 Å². The van der Waals surface area contributed by atoms with Crippen LogP contribution in [0, 0.1) is 0 Å². The van der Waals surface area contributed by atoms with Crippen molar-refractivity contribution in [3.05, 3.63) is 101 Å². The summed E-state index contributed by atoms with van der Waals surface area (Å²) >= 11 is 6.18. The molecule has 3 N–H and O–H groups in total. The van der Waals surface area contributed by atoms with E-state index in [9.17, 15) is 14.4 Å². The molecule has 7 heteroatoms. The molecule has 4 aromatic rings. The SMILES string of the molecule is CC(=O)c1ccc(NC(=O)C(Cc2c[nH]c3ccccc23)NC(=O)c2ccccc2Cl)cc1. The number of rotatable bonds is 7. The number of carbonyl (C=O) groups is 3. The zero-order valence-corrected chi connectivity index (χ0v) is 18.6. The summed E-state index contributed by atoms with van der Waals surface area (Å²) in [4.78, 5) is 40.8. The quantitative estimate of drug-likeness (QED) is 0.339. The number of benzene rings is 3. The number of Topliss-reactive ketones (excluding diaryl/α,β-unsaturated/α-hetero) is 1. The Morgan fingerprint density at radius 3 is 2.36 bits per heavy atom. The van der Waals surface area contributed by atoms with Gasteiger partial charge in [-0.25, -0.2) is 0 Å². The number of hydrogen-bond donors (Lipinski definition) is 3. The molecule has 3 aromatic carbocycles. The van der Waals surface area contributed by atoms with E-state index in [0.717, 1.165) is 16.5 Å². The molecule has 0 aliphatic rings. The molecule has 0 aliphatic heterocycles. The summed E-state index contributed by atoms with van der Waals surface area (Å²) in [5.41, 5.74) is 3.22. The number of halogens is 1. The van der Waals surface area contributed by atoms with Crippen molar-refractivity contribution in [1.82, 2.24) is 10.3 Å². The second kappa shape index (κ2) is 9.71. The molecule has 1 atom stereocenters. The van der Waals surface area contributed by atoms with Crippen LogP contribution in [0.25, 0.3) is 10.9 Å². The Morgan fingerprint density at radius 2 is 1.64 bits per heavy atom. The second-order valence-electron chi connectivity index (χ2n) is 7.69. The highest BCUT2D eigenvalue weighted by Gasteiger charge is 2.24. The predicted octanol–water partition coefficient (Wildman–Crippen LogP) is 5.00. The largest absolute Gasteiger partial charge is 0.361 e. The van der Waals surface area contributed by atoms with Crippen LogP contribution in [0.2, 0.25) is 5.02 Å². The highest BCUT2D eigenvalue weighted by Crippen LogP contribution is 2.21. The topological polar surface area (TPSA) is 91.1 Å². The van der Waals surface area contributed by atoms with Crippen molar-refractivity contribution in [3.63, 3.8) is 0 Å². The lowest BCUT2D eigenvalue weighted by atomic mass is 10.0. The van der Waals surface area contributed by atoms with Gasteiger partial charge in [-0.1, -0.05) is 41.9 Å². The van der Waals surface area contributed by atoms with Crippen LogP contribution in [0.5, 0.6) is 0 Å². The van der Waals surface area contributed by atoms with Crippen LogP contribution >= 0.6 is 11.6 Å². The normalized spacial score (nSPS) is 11.7. The molecular formula is C26H22ClN3O3. The van der Waals surface area contributed by atoms with Crippen molar-refractivity contribution < 1.29 is 14.4 Å². The number of aromatic amines is 1. The zero-order chi connectivity index (χ0) is 23.4. The van der Waals surface area contributed by atoms with Crippen LogP contribution in [-0.2, 0) is 11.2 Å². The van der Waals surface area contributed by atoms with Crippen molar-refractivity contribution in [3.8, 4) is 0 Å². The molecule has 2 amide bonds. The summed E-state index contributed by atoms with van der Waals surface area (Å²) in [6, 6.07) is 20.2. The Bertz CT molecular complexity index is 1330. The Labute approximate surface area is 196 Å². The van der Waals surface area contributed by atoms with Crippen LogP contribution in [0.1, 0.15) is 33.2 Å². The highest BCUT2D eigenvalue weighted by molar-refractivity contribution is 6.33. The molecule has 0 saturated heterocycles. The molecule has 0 radical (unpaired) electrons. The van der Waals surface area contributed by atoms with Gasteiger partial charge in [0.1, 0.15) is 6.04 Å². The number of ketones is 1. The van der Waals surface area contributed by atoms with Gasteiger partial charge in [0, 0.05) is 34.8 Å². The van der Waals surface area contributed by atoms with Gasteiger partial charge in [-0.2, -0.15) is 0 Å². The van der Waals surface area contributed by atoms with E-state index in [0.29, 0.717) is 21.8 Å². The van der Waals surface area contributed by atoms with Crippen molar-refractivity contribution in [2.24, 2.45) is 0 Å². The van der Waals surface area contributed by atoms with Crippen LogP contribution < -0.4 is 10.6 Å². The van der Waals surface area contributed by atoms with Crippen molar-refractivity contribution >= 4 is 45.8 Å². The number of fused-ring (bicyclic) bond motifs is 1.